The number of ether oxygens (including phenoxy) is 1. The van der Waals surface area contributed by atoms with Gasteiger partial charge in [-0.05, 0) is 6.07 Å². The van der Waals surface area contributed by atoms with E-state index in [2.05, 4.69) is 9.36 Å². The zero-order valence-electron chi connectivity index (χ0n) is 10.7. The average molecular weight is 318 g/mol. The predicted octanol–water partition coefficient (Wildman–Crippen LogP) is 4.52. The number of benzene rings is 1. The number of anilines is 1. The maximum Gasteiger partial charge on any atom is 0.298 e. The summed E-state index contributed by atoms with van der Waals surface area (Å²) in [5.41, 5.74) is 6.10. The fourth-order valence-corrected chi connectivity index (χ4v) is 2.34. The van der Waals surface area contributed by atoms with Gasteiger partial charge >= 0.3 is 0 Å². The highest BCUT2D eigenvalue weighted by Gasteiger charge is 2.20. The molecule has 0 saturated carbocycles. The molecule has 4 nitrogen and oxygen atoms in total. The van der Waals surface area contributed by atoms with Gasteiger partial charge < -0.3 is 10.5 Å². The lowest BCUT2D eigenvalue weighted by Gasteiger charge is -2.12. The quantitative estimate of drug-likeness (QED) is 0.827. The number of halogens is 2. The average Bonchev–Trinajstić information content (AvgIpc) is 2.74. The molecule has 19 heavy (non-hydrogen) atoms. The Morgan fingerprint density at radius 3 is 2.42 bits per heavy atom. The molecule has 0 amide bonds. The van der Waals surface area contributed by atoms with Crippen molar-refractivity contribution in [2.75, 3.05) is 5.73 Å². The molecule has 0 bridgehead atoms. The minimum absolute atomic E-state index is 0.124. The molecule has 102 valence electrons. The minimum Gasteiger partial charge on any atom is -0.428 e. The van der Waals surface area contributed by atoms with Crippen LogP contribution in [0.1, 0.15) is 26.6 Å². The second-order valence-electron chi connectivity index (χ2n) is 5.04. The van der Waals surface area contributed by atoms with Crippen molar-refractivity contribution in [3.8, 4) is 10.9 Å². The van der Waals surface area contributed by atoms with Gasteiger partial charge in [0.1, 0.15) is 0 Å². The summed E-state index contributed by atoms with van der Waals surface area (Å²) in [4.78, 5) is 4.32. The summed E-state index contributed by atoms with van der Waals surface area (Å²) in [7, 11) is 0. The molecule has 0 aliphatic rings. The van der Waals surface area contributed by atoms with Crippen LogP contribution in [0.3, 0.4) is 0 Å². The third-order valence-corrected chi connectivity index (χ3v) is 3.65. The largest absolute Gasteiger partial charge is 0.428 e. The zero-order valence-corrected chi connectivity index (χ0v) is 13.0. The van der Waals surface area contributed by atoms with E-state index in [0.717, 1.165) is 5.82 Å². The normalized spacial score (nSPS) is 11.6. The molecule has 1 aromatic heterocycles. The summed E-state index contributed by atoms with van der Waals surface area (Å²) in [6.45, 7) is 6.10. The van der Waals surface area contributed by atoms with Crippen molar-refractivity contribution in [1.29, 1.82) is 0 Å². The number of nitrogen functional groups attached to an aromatic ring is 1. The van der Waals surface area contributed by atoms with Crippen LogP contribution in [0.15, 0.2) is 12.1 Å². The van der Waals surface area contributed by atoms with E-state index in [0.29, 0.717) is 26.7 Å². The van der Waals surface area contributed by atoms with Gasteiger partial charge in [0.05, 0.1) is 15.7 Å². The fourth-order valence-electron chi connectivity index (χ4n) is 1.28. The van der Waals surface area contributed by atoms with Crippen molar-refractivity contribution in [2.24, 2.45) is 0 Å². The molecule has 0 spiro atoms. The second kappa shape index (κ2) is 5.15. The molecule has 0 saturated heterocycles. The number of hydrogen-bond acceptors (Lipinski definition) is 5. The summed E-state index contributed by atoms with van der Waals surface area (Å²) >= 11 is 13.0. The highest BCUT2D eigenvalue weighted by Crippen LogP contribution is 2.36. The Morgan fingerprint density at radius 1 is 1.21 bits per heavy atom. The first-order valence-electron chi connectivity index (χ1n) is 5.54. The summed E-state index contributed by atoms with van der Waals surface area (Å²) in [5, 5.41) is 1.20. The van der Waals surface area contributed by atoms with Crippen LogP contribution in [0, 0.1) is 0 Å². The van der Waals surface area contributed by atoms with Crippen molar-refractivity contribution in [2.45, 2.75) is 26.2 Å². The number of nitrogens with two attached hydrogens (primary N) is 1. The molecule has 2 rings (SSSR count). The molecule has 0 fully saturated rings. The molecule has 2 N–H and O–H groups in total. The lowest BCUT2D eigenvalue weighted by atomic mass is 9.96. The van der Waals surface area contributed by atoms with E-state index in [9.17, 15) is 0 Å². The van der Waals surface area contributed by atoms with Crippen molar-refractivity contribution < 1.29 is 4.74 Å². The van der Waals surface area contributed by atoms with Gasteiger partial charge in [-0.1, -0.05) is 44.0 Å². The lowest BCUT2D eigenvalue weighted by molar-refractivity contribution is 0.470. The van der Waals surface area contributed by atoms with Gasteiger partial charge in [-0.15, -0.1) is 0 Å². The molecule has 0 atom stereocenters. The van der Waals surface area contributed by atoms with Crippen LogP contribution in [-0.2, 0) is 5.41 Å². The van der Waals surface area contributed by atoms with Gasteiger partial charge in [0.25, 0.3) is 5.19 Å². The lowest BCUT2D eigenvalue weighted by Crippen LogP contribution is -2.12. The van der Waals surface area contributed by atoms with Gasteiger partial charge in [0, 0.05) is 23.0 Å². The smallest absolute Gasteiger partial charge is 0.298 e. The first-order valence-corrected chi connectivity index (χ1v) is 7.07. The Kier molecular flexibility index (Phi) is 3.90. The van der Waals surface area contributed by atoms with Gasteiger partial charge in [-0.2, -0.15) is 9.36 Å². The van der Waals surface area contributed by atoms with Crippen LogP contribution in [-0.4, -0.2) is 9.36 Å². The maximum atomic E-state index is 5.93. The third-order valence-electron chi connectivity index (χ3n) is 2.33. The van der Waals surface area contributed by atoms with Gasteiger partial charge in [-0.3, -0.25) is 0 Å². The Bertz CT molecular complexity index is 608. The topological polar surface area (TPSA) is 61.0 Å². The third kappa shape index (κ3) is 3.29. The Hall–Kier alpha value is -1.04. The van der Waals surface area contributed by atoms with Gasteiger partial charge in [0.15, 0.2) is 11.6 Å². The Labute approximate surface area is 125 Å². The van der Waals surface area contributed by atoms with Gasteiger partial charge in [0.2, 0.25) is 0 Å². The standard InChI is InChI=1S/C12H13Cl2N3OS/c1-12(2,3)10-16-11(19-17-10)18-9-5-7(14)6(13)4-8(9)15/h4-5H,15H2,1-3H3. The first kappa shape index (κ1) is 14.4. The van der Waals surface area contributed by atoms with Crippen molar-refractivity contribution in [3.05, 3.63) is 28.0 Å². The van der Waals surface area contributed by atoms with E-state index in [1.165, 1.54) is 11.5 Å². The second-order valence-corrected chi connectivity index (χ2v) is 6.57. The van der Waals surface area contributed by atoms with Crippen LogP contribution >= 0.6 is 34.7 Å². The van der Waals surface area contributed by atoms with Crippen molar-refractivity contribution in [1.82, 2.24) is 9.36 Å². The van der Waals surface area contributed by atoms with E-state index < -0.39 is 0 Å². The SMILES string of the molecule is CC(C)(C)c1nsc(Oc2cc(Cl)c(Cl)cc2N)n1. The first-order chi connectivity index (χ1) is 8.77. The summed E-state index contributed by atoms with van der Waals surface area (Å²) in [5.74, 6) is 1.15. The van der Waals surface area contributed by atoms with Crippen molar-refractivity contribution in [3.63, 3.8) is 0 Å². The monoisotopic (exact) mass is 317 g/mol. The van der Waals surface area contributed by atoms with Gasteiger partial charge in [-0.25, -0.2) is 0 Å². The van der Waals surface area contributed by atoms with Crippen LogP contribution in [0.5, 0.6) is 10.9 Å². The molecule has 2 aromatic rings. The highest BCUT2D eigenvalue weighted by atomic mass is 35.5. The van der Waals surface area contributed by atoms with E-state index in [4.69, 9.17) is 33.7 Å². The summed E-state index contributed by atoms with van der Waals surface area (Å²) < 4.78 is 9.86. The van der Waals surface area contributed by atoms with E-state index >= 15 is 0 Å². The van der Waals surface area contributed by atoms with Crippen molar-refractivity contribution >= 4 is 40.4 Å². The number of rotatable bonds is 2. The van der Waals surface area contributed by atoms with E-state index in [-0.39, 0.29) is 5.41 Å². The molecule has 0 unspecified atom stereocenters. The Balaban J connectivity index is 2.27. The molecular formula is C12H13Cl2N3OS. The Morgan fingerprint density at radius 2 is 1.84 bits per heavy atom. The number of aromatic nitrogens is 2. The van der Waals surface area contributed by atoms with Crippen LogP contribution in [0.2, 0.25) is 10.0 Å². The van der Waals surface area contributed by atoms with E-state index in [1.54, 1.807) is 12.1 Å². The zero-order chi connectivity index (χ0) is 14.2. The fraction of sp³-hybridized carbons (Fsp3) is 0.333. The molecule has 1 aromatic carbocycles. The molecule has 1 heterocycles. The summed E-state index contributed by atoms with van der Waals surface area (Å²) in [6.07, 6.45) is 0. The molecule has 0 aliphatic heterocycles. The molecule has 0 aliphatic carbocycles. The minimum atomic E-state index is -0.124. The number of hydrogen-bond donors (Lipinski definition) is 1. The van der Waals surface area contributed by atoms with Crippen LogP contribution in [0.4, 0.5) is 5.69 Å². The van der Waals surface area contributed by atoms with E-state index in [1.807, 2.05) is 20.8 Å². The molecule has 0 radical (unpaired) electrons. The molecule has 7 heteroatoms. The predicted molar refractivity (Wildman–Crippen MR) is 79.6 cm³/mol. The number of nitrogens with zero attached hydrogens (tertiary/aromatic N) is 2. The maximum absolute atomic E-state index is 5.93. The van der Waals surface area contributed by atoms with Crippen LogP contribution in [0.25, 0.3) is 0 Å². The molecular weight excluding hydrogens is 305 g/mol. The van der Waals surface area contributed by atoms with Crippen LogP contribution < -0.4 is 10.5 Å². The highest BCUT2D eigenvalue weighted by molar-refractivity contribution is 7.07. The summed E-state index contributed by atoms with van der Waals surface area (Å²) in [6, 6.07) is 3.11.